The number of hydrogen-bond donors (Lipinski definition) is 2. The summed E-state index contributed by atoms with van der Waals surface area (Å²) < 4.78 is 8.52. The Bertz CT molecular complexity index is 1300. The van der Waals surface area contributed by atoms with Crippen molar-refractivity contribution in [1.29, 1.82) is 0 Å². The van der Waals surface area contributed by atoms with E-state index in [0.717, 1.165) is 27.9 Å². The molecule has 0 aliphatic carbocycles. The fraction of sp³-hybridized carbons (Fsp3) is 0.370. The number of nitrogens with one attached hydrogen (secondary N) is 2. The number of rotatable bonds is 10. The molecular formula is C27H33BrN4O3S2. The molecule has 2 heterocycles. The average Bonchev–Trinajstić information content (AvgIpc) is 2.86. The number of nitrogens with zero attached hydrogens (tertiary/aromatic N) is 2. The Morgan fingerprint density at radius 3 is 2.49 bits per heavy atom. The van der Waals surface area contributed by atoms with Gasteiger partial charge in [-0.05, 0) is 70.0 Å². The molecule has 7 nitrogen and oxygen atoms in total. The summed E-state index contributed by atoms with van der Waals surface area (Å²) in [6.07, 6.45) is 7.39. The molecule has 0 saturated heterocycles. The molecule has 0 spiro atoms. The molecular weight excluding hydrogens is 572 g/mol. The van der Waals surface area contributed by atoms with Gasteiger partial charge in [0.25, 0.3) is 5.56 Å². The topological polar surface area (TPSA) is 85.2 Å². The summed E-state index contributed by atoms with van der Waals surface area (Å²) in [6, 6.07) is 8.93. The van der Waals surface area contributed by atoms with Gasteiger partial charge in [-0.3, -0.25) is 4.79 Å². The number of aromatic nitrogens is 2. The second-order valence-electron chi connectivity index (χ2n) is 8.69. The van der Waals surface area contributed by atoms with Crippen LogP contribution in [0.5, 0.6) is 5.75 Å². The summed E-state index contributed by atoms with van der Waals surface area (Å²) in [5, 5.41) is 6.52. The summed E-state index contributed by atoms with van der Waals surface area (Å²) >= 11 is 6.52. The van der Waals surface area contributed by atoms with E-state index in [9.17, 15) is 9.59 Å². The van der Waals surface area contributed by atoms with Crippen LogP contribution >= 0.6 is 39.5 Å². The fourth-order valence-electron chi connectivity index (χ4n) is 3.79. The van der Waals surface area contributed by atoms with Gasteiger partial charge in [0.2, 0.25) is 0 Å². The summed E-state index contributed by atoms with van der Waals surface area (Å²) in [6.45, 7) is 8.46. The molecule has 0 fully saturated rings. The summed E-state index contributed by atoms with van der Waals surface area (Å²) in [7, 11) is 0. The van der Waals surface area contributed by atoms with Crippen LogP contribution < -0.4 is 20.9 Å². The molecule has 198 valence electrons. The van der Waals surface area contributed by atoms with Crippen molar-refractivity contribution in [2.75, 3.05) is 23.1 Å². The van der Waals surface area contributed by atoms with Gasteiger partial charge >= 0.3 is 6.03 Å². The molecule has 3 aromatic rings. The highest BCUT2D eigenvalue weighted by molar-refractivity contribution is 9.10. The quantitative estimate of drug-likeness (QED) is 0.231. The van der Waals surface area contributed by atoms with Gasteiger partial charge in [0, 0.05) is 38.9 Å². The SMILES string of the molecule is CCCCn1ccc(-c2cc(Br)ccc2OC(C)C)c(NC(=O)Nc2c(SC)cc(C)nc2SC)c1=O. The average molecular weight is 606 g/mol. The molecule has 10 heteroatoms. The lowest BCUT2D eigenvalue weighted by atomic mass is 10.0. The third-order valence-electron chi connectivity index (χ3n) is 5.48. The Morgan fingerprint density at radius 1 is 1.11 bits per heavy atom. The second-order valence-corrected chi connectivity index (χ2v) is 11.3. The number of aryl methyl sites for hydroxylation is 2. The maximum atomic E-state index is 13.6. The van der Waals surface area contributed by atoms with Crippen LogP contribution in [0.15, 0.2) is 55.7 Å². The van der Waals surface area contributed by atoms with Gasteiger partial charge in [-0.2, -0.15) is 0 Å². The zero-order chi connectivity index (χ0) is 27.1. The van der Waals surface area contributed by atoms with Gasteiger partial charge < -0.3 is 19.9 Å². The van der Waals surface area contributed by atoms with Crippen molar-refractivity contribution in [3.05, 3.63) is 57.0 Å². The number of pyridine rings is 2. The minimum Gasteiger partial charge on any atom is -0.490 e. The molecule has 2 N–H and O–H groups in total. The van der Waals surface area contributed by atoms with Crippen LogP contribution in [0.1, 0.15) is 39.3 Å². The maximum Gasteiger partial charge on any atom is 0.323 e. The smallest absolute Gasteiger partial charge is 0.323 e. The van der Waals surface area contributed by atoms with E-state index in [0.29, 0.717) is 34.1 Å². The van der Waals surface area contributed by atoms with E-state index in [1.165, 1.54) is 23.5 Å². The number of anilines is 2. The van der Waals surface area contributed by atoms with Gasteiger partial charge in [-0.15, -0.1) is 23.5 Å². The number of hydrogen-bond acceptors (Lipinski definition) is 6. The van der Waals surface area contributed by atoms with Crippen molar-refractivity contribution in [2.24, 2.45) is 0 Å². The Hall–Kier alpha value is -2.43. The maximum absolute atomic E-state index is 13.6. The first-order chi connectivity index (χ1) is 17.7. The summed E-state index contributed by atoms with van der Waals surface area (Å²) in [4.78, 5) is 32.4. The van der Waals surface area contributed by atoms with E-state index in [-0.39, 0.29) is 17.4 Å². The van der Waals surface area contributed by atoms with Gasteiger partial charge in [-0.1, -0.05) is 29.3 Å². The molecule has 0 bridgehead atoms. The van der Waals surface area contributed by atoms with Gasteiger partial charge in [0.15, 0.2) is 0 Å². The molecule has 3 rings (SSSR count). The third kappa shape index (κ3) is 7.33. The highest BCUT2D eigenvalue weighted by Gasteiger charge is 2.20. The predicted octanol–water partition coefficient (Wildman–Crippen LogP) is 7.66. The predicted molar refractivity (Wildman–Crippen MR) is 160 cm³/mol. The standard InChI is InChI=1S/C27H33BrN4O3S2/c1-7-8-12-32-13-11-19(20-15-18(28)9-10-21(20)35-16(2)3)23(26(32)33)30-27(34)31-24-22(36-5)14-17(4)29-25(24)37-6/h9-11,13-16H,7-8,12H2,1-6H3,(H2,30,31,34). The third-order valence-corrected chi connectivity index (χ3v) is 7.42. The van der Waals surface area contributed by atoms with Crippen LogP contribution in [-0.4, -0.2) is 34.2 Å². The lowest BCUT2D eigenvalue weighted by Crippen LogP contribution is -2.29. The molecule has 1 aromatic carbocycles. The van der Waals surface area contributed by atoms with Crippen molar-refractivity contribution in [1.82, 2.24) is 9.55 Å². The molecule has 2 aromatic heterocycles. The molecule has 0 saturated carbocycles. The van der Waals surface area contributed by atoms with Gasteiger partial charge in [0.05, 0.1) is 11.8 Å². The minimum atomic E-state index is -0.510. The first-order valence-electron chi connectivity index (χ1n) is 12.1. The number of unbranched alkanes of at least 4 members (excludes halogenated alkanes) is 1. The fourth-order valence-corrected chi connectivity index (χ4v) is 5.46. The van der Waals surface area contributed by atoms with Crippen molar-refractivity contribution in [3.63, 3.8) is 0 Å². The van der Waals surface area contributed by atoms with Crippen molar-refractivity contribution in [3.8, 4) is 16.9 Å². The van der Waals surface area contributed by atoms with E-state index < -0.39 is 6.03 Å². The van der Waals surface area contributed by atoms with Gasteiger partial charge in [0.1, 0.15) is 16.5 Å². The normalized spacial score (nSPS) is 11.0. The van der Waals surface area contributed by atoms with E-state index in [4.69, 9.17) is 4.74 Å². The van der Waals surface area contributed by atoms with E-state index in [2.05, 4.69) is 38.5 Å². The Labute approximate surface area is 235 Å². The highest BCUT2D eigenvalue weighted by atomic mass is 79.9. The van der Waals surface area contributed by atoms with Crippen LogP contribution in [0.2, 0.25) is 0 Å². The minimum absolute atomic E-state index is 0.0616. The van der Waals surface area contributed by atoms with Crippen molar-refractivity contribution < 1.29 is 9.53 Å². The molecule has 0 aliphatic heterocycles. The number of halogens is 1. The largest absolute Gasteiger partial charge is 0.490 e. The molecule has 0 aliphatic rings. The number of ether oxygens (including phenoxy) is 1. The monoisotopic (exact) mass is 604 g/mol. The van der Waals surface area contributed by atoms with Gasteiger partial charge in [-0.25, -0.2) is 9.78 Å². The first-order valence-corrected chi connectivity index (χ1v) is 15.3. The lowest BCUT2D eigenvalue weighted by Gasteiger charge is -2.19. The number of thioether (sulfide) groups is 2. The first kappa shape index (κ1) is 29.1. The Kier molecular flexibility index (Phi) is 10.5. The zero-order valence-electron chi connectivity index (χ0n) is 22.0. The number of urea groups is 1. The Balaban J connectivity index is 2.10. The second kappa shape index (κ2) is 13.4. The van der Waals surface area contributed by atoms with Crippen LogP contribution in [0, 0.1) is 6.92 Å². The molecule has 0 atom stereocenters. The van der Waals surface area contributed by atoms with E-state index in [1.807, 2.05) is 63.6 Å². The van der Waals surface area contributed by atoms with Crippen LogP contribution in [0.3, 0.4) is 0 Å². The van der Waals surface area contributed by atoms with Crippen LogP contribution in [0.25, 0.3) is 11.1 Å². The van der Waals surface area contributed by atoms with Crippen LogP contribution in [0.4, 0.5) is 16.2 Å². The van der Waals surface area contributed by atoms with Crippen molar-refractivity contribution >= 4 is 56.9 Å². The lowest BCUT2D eigenvalue weighted by molar-refractivity contribution is 0.243. The number of benzene rings is 1. The molecule has 0 unspecified atom stereocenters. The number of amides is 2. The van der Waals surface area contributed by atoms with E-state index >= 15 is 0 Å². The highest BCUT2D eigenvalue weighted by Crippen LogP contribution is 2.37. The molecule has 0 radical (unpaired) electrons. The van der Waals surface area contributed by atoms with Crippen LogP contribution in [-0.2, 0) is 6.54 Å². The molecule has 2 amide bonds. The summed E-state index contributed by atoms with van der Waals surface area (Å²) in [5.74, 6) is 0.629. The zero-order valence-corrected chi connectivity index (χ0v) is 25.2. The Morgan fingerprint density at radius 2 is 1.84 bits per heavy atom. The van der Waals surface area contributed by atoms with E-state index in [1.54, 1.807) is 10.8 Å². The summed E-state index contributed by atoms with van der Waals surface area (Å²) in [5.41, 5.74) is 2.72. The number of carbonyl (C=O) groups excluding carboxylic acids is 1. The van der Waals surface area contributed by atoms with Crippen molar-refractivity contribution in [2.45, 2.75) is 63.1 Å². The number of carbonyl (C=O) groups is 1. The molecule has 37 heavy (non-hydrogen) atoms.